The molecule has 104 valence electrons. The fourth-order valence-corrected chi connectivity index (χ4v) is 4.29. The minimum Gasteiger partial charge on any atom is -0.384 e. The van der Waals surface area contributed by atoms with E-state index in [4.69, 9.17) is 0 Å². The summed E-state index contributed by atoms with van der Waals surface area (Å²) in [6, 6.07) is 7.73. The Labute approximate surface area is 122 Å². The second kappa shape index (κ2) is 5.34. The van der Waals surface area contributed by atoms with E-state index in [9.17, 15) is 0 Å². The van der Waals surface area contributed by atoms with Crippen LogP contribution in [0.15, 0.2) is 18.2 Å². The van der Waals surface area contributed by atoms with Gasteiger partial charge in [0.05, 0.1) is 0 Å². The number of para-hydroxylation sites is 1. The van der Waals surface area contributed by atoms with E-state index in [1.165, 1.54) is 55.5 Å². The number of anilines is 1. The van der Waals surface area contributed by atoms with Crippen LogP contribution in [0.25, 0.3) is 0 Å². The molecular weight excluding hydrogens is 256 g/mol. The van der Waals surface area contributed by atoms with Gasteiger partial charge in [0.1, 0.15) is 0 Å². The third kappa shape index (κ3) is 2.25. The fraction of sp³-hybridized carbons (Fsp3) is 0.625. The Bertz CT molecular complexity index is 460. The predicted octanol–water partition coefficient (Wildman–Crippen LogP) is 3.45. The standard InChI is InChI=1S/C16H22N2.ClH/c1-4-13-7-9-17-16(13)14(5-1)11-18-10-8-12-3-2-6-15(12)18;/h1,4-5,12,15,17H,2-3,6-11H2;1H. The fourth-order valence-electron chi connectivity index (χ4n) is 4.29. The molecule has 2 aliphatic heterocycles. The van der Waals surface area contributed by atoms with Crippen molar-refractivity contribution < 1.29 is 0 Å². The molecule has 4 rings (SSSR count). The molecule has 1 aromatic carbocycles. The zero-order valence-corrected chi connectivity index (χ0v) is 12.2. The van der Waals surface area contributed by atoms with E-state index in [1.807, 2.05) is 0 Å². The topological polar surface area (TPSA) is 15.3 Å². The van der Waals surface area contributed by atoms with Crippen molar-refractivity contribution >= 4 is 18.1 Å². The SMILES string of the molecule is Cl.c1cc2c(c(CN3CCC4CCCC43)c1)NCC2. The summed E-state index contributed by atoms with van der Waals surface area (Å²) in [5, 5.41) is 3.58. The van der Waals surface area contributed by atoms with Crippen molar-refractivity contribution in [3.8, 4) is 0 Å². The van der Waals surface area contributed by atoms with Crippen LogP contribution in [0, 0.1) is 5.92 Å². The monoisotopic (exact) mass is 278 g/mol. The van der Waals surface area contributed by atoms with Crippen LogP contribution in [0.4, 0.5) is 5.69 Å². The average Bonchev–Trinajstić information content (AvgIpc) is 3.06. The molecule has 3 heteroatoms. The lowest BCUT2D eigenvalue weighted by Crippen LogP contribution is -2.29. The summed E-state index contributed by atoms with van der Waals surface area (Å²) in [6.45, 7) is 3.61. The molecule has 1 saturated carbocycles. The van der Waals surface area contributed by atoms with Gasteiger partial charge < -0.3 is 5.32 Å². The van der Waals surface area contributed by atoms with Crippen LogP contribution in [0.5, 0.6) is 0 Å². The summed E-state index contributed by atoms with van der Waals surface area (Å²) >= 11 is 0. The molecule has 2 fully saturated rings. The first kappa shape index (κ1) is 13.3. The van der Waals surface area contributed by atoms with Gasteiger partial charge >= 0.3 is 0 Å². The number of halogens is 1. The second-order valence-electron chi connectivity index (χ2n) is 6.15. The zero-order valence-electron chi connectivity index (χ0n) is 11.4. The average molecular weight is 279 g/mol. The highest BCUT2D eigenvalue weighted by atomic mass is 35.5. The Morgan fingerprint density at radius 2 is 2.16 bits per heavy atom. The molecule has 0 spiro atoms. The smallest absolute Gasteiger partial charge is 0.0419 e. The number of hydrogen-bond acceptors (Lipinski definition) is 2. The third-order valence-electron chi connectivity index (χ3n) is 5.18. The van der Waals surface area contributed by atoms with E-state index < -0.39 is 0 Å². The van der Waals surface area contributed by atoms with Gasteiger partial charge in [-0.1, -0.05) is 24.6 Å². The van der Waals surface area contributed by atoms with Crippen molar-refractivity contribution in [1.29, 1.82) is 0 Å². The van der Waals surface area contributed by atoms with Gasteiger partial charge in [0.15, 0.2) is 0 Å². The van der Waals surface area contributed by atoms with Crippen LogP contribution in [0.3, 0.4) is 0 Å². The van der Waals surface area contributed by atoms with Crippen molar-refractivity contribution in [2.45, 2.75) is 44.7 Å². The maximum atomic E-state index is 3.58. The first-order valence-electron chi connectivity index (χ1n) is 7.50. The lowest BCUT2D eigenvalue weighted by Gasteiger charge is -2.24. The Morgan fingerprint density at radius 3 is 3.11 bits per heavy atom. The largest absolute Gasteiger partial charge is 0.384 e. The predicted molar refractivity (Wildman–Crippen MR) is 82.0 cm³/mol. The Hall–Kier alpha value is -0.730. The Kier molecular flexibility index (Phi) is 3.72. The van der Waals surface area contributed by atoms with Gasteiger partial charge in [0.2, 0.25) is 0 Å². The second-order valence-corrected chi connectivity index (χ2v) is 6.15. The molecule has 1 N–H and O–H groups in total. The van der Waals surface area contributed by atoms with Gasteiger partial charge in [0, 0.05) is 24.8 Å². The summed E-state index contributed by atoms with van der Waals surface area (Å²) in [6.07, 6.45) is 7.01. The number of nitrogens with zero attached hydrogens (tertiary/aromatic N) is 1. The lowest BCUT2D eigenvalue weighted by molar-refractivity contribution is 0.233. The van der Waals surface area contributed by atoms with Gasteiger partial charge in [-0.25, -0.2) is 0 Å². The molecule has 2 unspecified atom stereocenters. The van der Waals surface area contributed by atoms with E-state index in [2.05, 4.69) is 28.4 Å². The number of fused-ring (bicyclic) bond motifs is 2. The van der Waals surface area contributed by atoms with Crippen molar-refractivity contribution in [3.63, 3.8) is 0 Å². The van der Waals surface area contributed by atoms with Crippen molar-refractivity contribution in [3.05, 3.63) is 29.3 Å². The molecule has 1 aliphatic carbocycles. The van der Waals surface area contributed by atoms with E-state index >= 15 is 0 Å². The molecular formula is C16H23ClN2. The first-order chi connectivity index (χ1) is 8.92. The number of rotatable bonds is 2. The van der Waals surface area contributed by atoms with Gasteiger partial charge in [0.25, 0.3) is 0 Å². The molecule has 0 aromatic heterocycles. The summed E-state index contributed by atoms with van der Waals surface area (Å²) in [7, 11) is 0. The van der Waals surface area contributed by atoms with Gasteiger partial charge in [-0.05, 0) is 49.3 Å². The van der Waals surface area contributed by atoms with Crippen LogP contribution >= 0.6 is 12.4 Å². The number of nitrogens with one attached hydrogen (secondary N) is 1. The number of benzene rings is 1. The summed E-state index contributed by atoms with van der Waals surface area (Å²) < 4.78 is 0. The minimum absolute atomic E-state index is 0. The molecule has 2 nitrogen and oxygen atoms in total. The normalized spacial score (nSPS) is 28.6. The Balaban J connectivity index is 0.00000110. The molecule has 2 atom stereocenters. The maximum Gasteiger partial charge on any atom is 0.0419 e. The van der Waals surface area contributed by atoms with E-state index in [-0.39, 0.29) is 12.4 Å². The highest BCUT2D eigenvalue weighted by Gasteiger charge is 2.37. The van der Waals surface area contributed by atoms with E-state index in [0.29, 0.717) is 0 Å². The summed E-state index contributed by atoms with van der Waals surface area (Å²) in [5.74, 6) is 1.01. The van der Waals surface area contributed by atoms with Crippen molar-refractivity contribution in [2.24, 2.45) is 5.92 Å². The van der Waals surface area contributed by atoms with Crippen LogP contribution in [0.1, 0.15) is 36.8 Å². The molecule has 3 aliphatic rings. The Morgan fingerprint density at radius 1 is 1.21 bits per heavy atom. The molecule has 0 amide bonds. The zero-order chi connectivity index (χ0) is 11.9. The van der Waals surface area contributed by atoms with Crippen molar-refractivity contribution in [1.82, 2.24) is 4.90 Å². The highest BCUT2D eigenvalue weighted by Crippen LogP contribution is 2.39. The summed E-state index contributed by atoms with van der Waals surface area (Å²) in [5.41, 5.74) is 4.49. The highest BCUT2D eigenvalue weighted by molar-refractivity contribution is 5.85. The van der Waals surface area contributed by atoms with Crippen LogP contribution in [-0.2, 0) is 13.0 Å². The first-order valence-corrected chi connectivity index (χ1v) is 7.50. The van der Waals surface area contributed by atoms with Gasteiger partial charge in [-0.15, -0.1) is 12.4 Å². The molecule has 0 radical (unpaired) electrons. The maximum absolute atomic E-state index is 3.58. The molecule has 1 aromatic rings. The summed E-state index contributed by atoms with van der Waals surface area (Å²) in [4.78, 5) is 2.74. The minimum atomic E-state index is 0. The van der Waals surface area contributed by atoms with Crippen molar-refractivity contribution in [2.75, 3.05) is 18.4 Å². The number of likely N-dealkylation sites (tertiary alicyclic amines) is 1. The van der Waals surface area contributed by atoms with Gasteiger partial charge in [-0.2, -0.15) is 0 Å². The van der Waals surface area contributed by atoms with Gasteiger partial charge in [-0.3, -0.25) is 4.90 Å². The molecule has 19 heavy (non-hydrogen) atoms. The van der Waals surface area contributed by atoms with E-state index in [1.54, 1.807) is 0 Å². The number of hydrogen-bond donors (Lipinski definition) is 1. The van der Waals surface area contributed by atoms with Crippen LogP contribution < -0.4 is 5.32 Å². The quantitative estimate of drug-likeness (QED) is 0.891. The lowest BCUT2D eigenvalue weighted by atomic mass is 10.0. The molecule has 2 heterocycles. The molecule has 1 saturated heterocycles. The van der Waals surface area contributed by atoms with Crippen LogP contribution in [0.2, 0.25) is 0 Å². The van der Waals surface area contributed by atoms with E-state index in [0.717, 1.165) is 25.0 Å². The third-order valence-corrected chi connectivity index (χ3v) is 5.18. The van der Waals surface area contributed by atoms with Crippen LogP contribution in [-0.4, -0.2) is 24.0 Å². The molecule has 0 bridgehead atoms.